The van der Waals surface area contributed by atoms with Crippen LogP contribution in [0.1, 0.15) is 25.7 Å². The molecule has 68 valence electrons. The van der Waals surface area contributed by atoms with Crippen molar-refractivity contribution >= 4 is 6.09 Å². The van der Waals surface area contributed by atoms with Crippen LogP contribution in [0.25, 0.3) is 0 Å². The maximum absolute atomic E-state index is 10.5. The second-order valence-electron chi connectivity index (χ2n) is 3.91. The minimum Gasteiger partial charge on any atom is -0.443 e. The van der Waals surface area contributed by atoms with Crippen molar-refractivity contribution in [1.82, 2.24) is 0 Å². The summed E-state index contributed by atoms with van der Waals surface area (Å²) in [7, 11) is 0. The monoisotopic (exact) mass is 170 g/mol. The molecule has 4 nitrogen and oxygen atoms in total. The van der Waals surface area contributed by atoms with Crippen molar-refractivity contribution in [2.45, 2.75) is 37.3 Å². The Morgan fingerprint density at radius 2 is 2.00 bits per heavy atom. The number of primary amides is 1. The van der Waals surface area contributed by atoms with Crippen LogP contribution in [0.3, 0.4) is 0 Å². The summed E-state index contributed by atoms with van der Waals surface area (Å²) >= 11 is 0. The molecule has 0 aromatic rings. The third-order valence-corrected chi connectivity index (χ3v) is 2.97. The van der Waals surface area contributed by atoms with Crippen LogP contribution in [0.4, 0.5) is 4.79 Å². The molecule has 0 aromatic carbocycles. The first-order valence-corrected chi connectivity index (χ1v) is 4.36. The Morgan fingerprint density at radius 3 is 2.33 bits per heavy atom. The van der Waals surface area contributed by atoms with Gasteiger partial charge in [-0.15, -0.1) is 0 Å². The molecule has 2 rings (SSSR count). The first-order valence-electron chi connectivity index (χ1n) is 4.36. The molecule has 1 amide bonds. The zero-order valence-electron chi connectivity index (χ0n) is 6.95. The van der Waals surface area contributed by atoms with E-state index >= 15 is 0 Å². The highest BCUT2D eigenvalue weighted by molar-refractivity contribution is 5.65. The molecule has 2 saturated carbocycles. The molecule has 0 radical (unpaired) electrons. The van der Waals surface area contributed by atoms with Gasteiger partial charge in [0.25, 0.3) is 0 Å². The summed E-state index contributed by atoms with van der Waals surface area (Å²) < 4.78 is 5.08. The fraction of sp³-hybridized carbons (Fsp3) is 0.875. The molecule has 2 aliphatic carbocycles. The van der Waals surface area contributed by atoms with Crippen molar-refractivity contribution in [2.75, 3.05) is 0 Å². The second-order valence-corrected chi connectivity index (χ2v) is 3.91. The van der Waals surface area contributed by atoms with Crippen LogP contribution >= 0.6 is 0 Å². The normalized spacial score (nSPS) is 36.8. The van der Waals surface area contributed by atoms with E-state index in [9.17, 15) is 4.79 Å². The predicted molar refractivity (Wildman–Crippen MR) is 43.3 cm³/mol. The summed E-state index contributed by atoms with van der Waals surface area (Å²) in [6.07, 6.45) is 3.24. The molecule has 0 aliphatic heterocycles. The van der Waals surface area contributed by atoms with E-state index in [2.05, 4.69) is 0 Å². The molecule has 0 spiro atoms. The molecule has 12 heavy (non-hydrogen) atoms. The lowest BCUT2D eigenvalue weighted by Gasteiger charge is -2.38. The molecule has 0 bridgehead atoms. The zero-order valence-corrected chi connectivity index (χ0v) is 6.95. The Kier molecular flexibility index (Phi) is 1.54. The highest BCUT2D eigenvalue weighted by Gasteiger charge is 2.56. The van der Waals surface area contributed by atoms with Crippen molar-refractivity contribution in [1.29, 1.82) is 0 Å². The first kappa shape index (κ1) is 7.86. The number of carbonyl (C=O) groups is 1. The lowest BCUT2D eigenvalue weighted by molar-refractivity contribution is 0.0110. The van der Waals surface area contributed by atoms with Gasteiger partial charge in [0.15, 0.2) is 0 Å². The number of hydrogen-bond acceptors (Lipinski definition) is 3. The minimum absolute atomic E-state index is 0.207. The summed E-state index contributed by atoms with van der Waals surface area (Å²) in [5.41, 5.74) is 10.4. The van der Waals surface area contributed by atoms with Crippen LogP contribution in [0.15, 0.2) is 0 Å². The van der Waals surface area contributed by atoms with Crippen molar-refractivity contribution < 1.29 is 9.53 Å². The van der Waals surface area contributed by atoms with E-state index in [1.54, 1.807) is 0 Å². The highest BCUT2D eigenvalue weighted by atomic mass is 16.6. The van der Waals surface area contributed by atoms with Gasteiger partial charge in [-0.25, -0.2) is 4.79 Å². The van der Waals surface area contributed by atoms with E-state index in [0.29, 0.717) is 12.0 Å². The Bertz CT molecular complexity index is 207. The lowest BCUT2D eigenvalue weighted by Crippen LogP contribution is -2.45. The van der Waals surface area contributed by atoms with Gasteiger partial charge < -0.3 is 16.2 Å². The van der Waals surface area contributed by atoms with E-state index in [-0.39, 0.29) is 5.60 Å². The van der Waals surface area contributed by atoms with Crippen molar-refractivity contribution in [3.63, 3.8) is 0 Å². The summed E-state index contributed by atoms with van der Waals surface area (Å²) in [5, 5.41) is 0. The topological polar surface area (TPSA) is 78.3 Å². The van der Waals surface area contributed by atoms with Crippen LogP contribution in [-0.4, -0.2) is 17.7 Å². The Hall–Kier alpha value is -0.770. The summed E-state index contributed by atoms with van der Waals surface area (Å²) in [6.45, 7) is 0. The highest BCUT2D eigenvalue weighted by Crippen LogP contribution is 2.53. The molecular weight excluding hydrogens is 156 g/mol. The average Bonchev–Trinajstić information content (AvgIpc) is 2.61. The van der Waals surface area contributed by atoms with Gasteiger partial charge >= 0.3 is 6.09 Å². The van der Waals surface area contributed by atoms with Gasteiger partial charge in [-0.05, 0) is 25.7 Å². The van der Waals surface area contributed by atoms with Crippen LogP contribution in [0.5, 0.6) is 0 Å². The molecule has 0 unspecified atom stereocenters. The van der Waals surface area contributed by atoms with E-state index in [4.69, 9.17) is 16.2 Å². The lowest BCUT2D eigenvalue weighted by atomic mass is 9.75. The van der Waals surface area contributed by atoms with Crippen molar-refractivity contribution in [2.24, 2.45) is 17.4 Å². The van der Waals surface area contributed by atoms with Crippen LogP contribution in [-0.2, 0) is 4.74 Å². The number of ether oxygens (including phenoxy) is 1. The largest absolute Gasteiger partial charge is 0.443 e. The van der Waals surface area contributed by atoms with Crippen LogP contribution in [0, 0.1) is 5.92 Å². The van der Waals surface area contributed by atoms with Crippen molar-refractivity contribution in [3.05, 3.63) is 0 Å². The third kappa shape index (κ3) is 1.16. The fourth-order valence-electron chi connectivity index (χ4n) is 2.01. The van der Waals surface area contributed by atoms with Gasteiger partial charge in [-0.3, -0.25) is 0 Å². The number of nitrogens with two attached hydrogens (primary N) is 2. The molecule has 2 fully saturated rings. The Morgan fingerprint density at radius 1 is 1.42 bits per heavy atom. The van der Waals surface area contributed by atoms with Gasteiger partial charge in [0.2, 0.25) is 0 Å². The smallest absolute Gasteiger partial charge is 0.405 e. The Labute approximate surface area is 71.2 Å². The van der Waals surface area contributed by atoms with Gasteiger partial charge in [-0.2, -0.15) is 0 Å². The molecular formula is C8H14N2O2. The van der Waals surface area contributed by atoms with E-state index in [1.807, 2.05) is 0 Å². The molecule has 4 heteroatoms. The summed E-state index contributed by atoms with van der Waals surface area (Å²) in [5.74, 6) is 0.472. The second kappa shape index (κ2) is 2.36. The van der Waals surface area contributed by atoms with Crippen molar-refractivity contribution in [3.8, 4) is 0 Å². The molecule has 0 saturated heterocycles. The standard InChI is InChI=1S/C8H14N2O2/c9-6-3-5(4-6)8(1-2-8)12-7(10)11/h5-6H,1-4,9H2,(H2,10,11). The molecule has 0 atom stereocenters. The van der Waals surface area contributed by atoms with E-state index in [1.165, 1.54) is 0 Å². The molecule has 0 aromatic heterocycles. The zero-order chi connectivity index (χ0) is 8.77. The van der Waals surface area contributed by atoms with E-state index < -0.39 is 6.09 Å². The molecule has 4 N–H and O–H groups in total. The number of hydrogen-bond donors (Lipinski definition) is 2. The predicted octanol–water partition coefficient (Wildman–Crippen LogP) is 0.352. The van der Waals surface area contributed by atoms with E-state index in [0.717, 1.165) is 25.7 Å². The third-order valence-electron chi connectivity index (χ3n) is 2.97. The average molecular weight is 170 g/mol. The van der Waals surface area contributed by atoms with Gasteiger partial charge in [0, 0.05) is 12.0 Å². The molecule has 0 heterocycles. The maximum atomic E-state index is 10.5. The first-order chi connectivity index (χ1) is 5.62. The number of amides is 1. The SMILES string of the molecule is NC(=O)OC1(C2CC(N)C2)CC1. The van der Waals surface area contributed by atoms with Crippen LogP contribution < -0.4 is 11.5 Å². The number of rotatable bonds is 2. The Balaban J connectivity index is 1.90. The maximum Gasteiger partial charge on any atom is 0.405 e. The minimum atomic E-state index is -0.645. The van der Waals surface area contributed by atoms with Gasteiger partial charge in [0.1, 0.15) is 5.60 Å². The van der Waals surface area contributed by atoms with Gasteiger partial charge in [0.05, 0.1) is 0 Å². The fourth-order valence-corrected chi connectivity index (χ4v) is 2.01. The quantitative estimate of drug-likeness (QED) is 0.627. The summed E-state index contributed by atoms with van der Waals surface area (Å²) in [4.78, 5) is 10.5. The molecule has 2 aliphatic rings. The van der Waals surface area contributed by atoms with Gasteiger partial charge in [-0.1, -0.05) is 0 Å². The van der Waals surface area contributed by atoms with Crippen LogP contribution in [0.2, 0.25) is 0 Å². The number of carbonyl (C=O) groups excluding carboxylic acids is 1. The summed E-state index contributed by atoms with van der Waals surface area (Å²) in [6, 6.07) is 0.309.